The first-order chi connectivity index (χ1) is 13.9. The molecule has 134 valence electrons. The van der Waals surface area contributed by atoms with E-state index in [1.807, 2.05) is 11.8 Å². The van der Waals surface area contributed by atoms with E-state index in [1.54, 1.807) is 0 Å². The van der Waals surface area contributed by atoms with E-state index < -0.39 is 0 Å². The van der Waals surface area contributed by atoms with Gasteiger partial charge in [-0.25, -0.2) is 0 Å². The summed E-state index contributed by atoms with van der Waals surface area (Å²) in [6.07, 6.45) is 0. The minimum atomic E-state index is -0.358. The zero-order chi connectivity index (χ0) is 18.8. The smallest absolute Gasteiger partial charge is 0.0793 e. The van der Waals surface area contributed by atoms with Gasteiger partial charge < -0.3 is 0 Å². The van der Waals surface area contributed by atoms with Gasteiger partial charge in [-0.05, 0) is 28.7 Å². The molecule has 0 atom stereocenters. The number of nitrogens with zero attached hydrogens (tertiary/aromatic N) is 1. The Bertz CT molecular complexity index is 1050. The Kier molecular flexibility index (Phi) is 4.78. The zero-order valence-corrected chi connectivity index (χ0v) is 16.8. The second-order valence-electron chi connectivity index (χ2n) is 6.45. The Balaban J connectivity index is 1.74. The highest BCUT2D eigenvalue weighted by Crippen LogP contribution is 2.46. The van der Waals surface area contributed by atoms with Crippen LogP contribution in [0.15, 0.2) is 133 Å². The average Bonchev–Trinajstić information content (AvgIpc) is 2.78. The summed E-state index contributed by atoms with van der Waals surface area (Å²) in [7, 11) is 0. The maximum absolute atomic E-state index is 5.39. The molecule has 0 spiro atoms. The predicted octanol–water partition coefficient (Wildman–Crippen LogP) is 6.64. The van der Waals surface area contributed by atoms with Crippen LogP contribution in [-0.4, -0.2) is 5.71 Å². The van der Waals surface area contributed by atoms with Crippen molar-refractivity contribution < 1.29 is 0 Å². The number of hydrogen-bond donors (Lipinski definition) is 0. The fourth-order valence-electron chi connectivity index (χ4n) is 3.28. The van der Waals surface area contributed by atoms with E-state index in [-0.39, 0.29) is 11.1 Å². The standard InChI is InChI=1S/C25H18NS2/c1-3-11-19(12-4-1)25(20-13-5-2-6-14-20)26-28-23-17-9-7-15-21(23)27-22-16-8-10-18-24(22)28/h1-18H/q+1. The highest BCUT2D eigenvalue weighted by molar-refractivity contribution is 8.03. The minimum Gasteiger partial charge on any atom is -0.0793 e. The third-order valence-electron chi connectivity index (χ3n) is 4.61. The maximum atomic E-state index is 5.39. The van der Waals surface area contributed by atoms with Crippen molar-refractivity contribution in [2.24, 2.45) is 4.40 Å². The molecule has 1 nitrogen and oxygen atoms in total. The molecule has 0 saturated carbocycles. The van der Waals surface area contributed by atoms with E-state index in [4.69, 9.17) is 4.40 Å². The molecule has 0 fully saturated rings. The quantitative estimate of drug-likeness (QED) is 0.279. The first-order valence-electron chi connectivity index (χ1n) is 9.20. The first kappa shape index (κ1) is 17.4. The second-order valence-corrected chi connectivity index (χ2v) is 9.17. The molecular weight excluding hydrogens is 378 g/mol. The van der Waals surface area contributed by atoms with E-state index in [0.29, 0.717) is 0 Å². The SMILES string of the molecule is c1ccc(C(=N[S+]2c3ccccc3Sc3ccccc32)c2ccccc2)cc1. The molecule has 0 radical (unpaired) electrons. The van der Waals surface area contributed by atoms with Crippen LogP contribution >= 0.6 is 11.8 Å². The second kappa shape index (κ2) is 7.70. The first-order valence-corrected chi connectivity index (χ1v) is 11.2. The van der Waals surface area contributed by atoms with Gasteiger partial charge in [-0.15, -0.1) is 0 Å². The third kappa shape index (κ3) is 3.28. The molecule has 0 aliphatic carbocycles. The average molecular weight is 397 g/mol. The van der Waals surface area contributed by atoms with Gasteiger partial charge in [0.2, 0.25) is 20.9 Å². The van der Waals surface area contributed by atoms with Gasteiger partial charge >= 0.3 is 0 Å². The molecule has 0 saturated heterocycles. The molecule has 0 unspecified atom stereocenters. The number of fused-ring (bicyclic) bond motifs is 2. The van der Waals surface area contributed by atoms with Crippen LogP contribution in [0.3, 0.4) is 0 Å². The lowest BCUT2D eigenvalue weighted by atomic mass is 10.0. The Morgan fingerprint density at radius 1 is 0.536 bits per heavy atom. The van der Waals surface area contributed by atoms with Crippen molar-refractivity contribution in [2.75, 3.05) is 0 Å². The lowest BCUT2D eigenvalue weighted by molar-refractivity contribution is 1.13. The van der Waals surface area contributed by atoms with E-state index in [1.165, 1.54) is 19.6 Å². The normalized spacial score (nSPS) is 12.7. The van der Waals surface area contributed by atoms with Gasteiger partial charge in [0, 0.05) is 11.1 Å². The van der Waals surface area contributed by atoms with Crippen LogP contribution in [0.4, 0.5) is 0 Å². The summed E-state index contributed by atoms with van der Waals surface area (Å²) >= 11 is 1.48. The van der Waals surface area contributed by atoms with Crippen molar-refractivity contribution in [2.45, 2.75) is 19.6 Å². The van der Waals surface area contributed by atoms with Crippen LogP contribution in [0.5, 0.6) is 0 Å². The van der Waals surface area contributed by atoms with Gasteiger partial charge in [0.1, 0.15) is 5.71 Å². The summed E-state index contributed by atoms with van der Waals surface area (Å²) < 4.78 is 5.39. The molecule has 0 N–H and O–H groups in total. The summed E-state index contributed by atoms with van der Waals surface area (Å²) in [6.45, 7) is 0. The summed E-state index contributed by atoms with van der Waals surface area (Å²) in [6, 6.07) is 38.3. The Morgan fingerprint density at radius 2 is 0.964 bits per heavy atom. The molecule has 1 aliphatic rings. The minimum absolute atomic E-state index is 0.358. The van der Waals surface area contributed by atoms with Crippen molar-refractivity contribution in [1.29, 1.82) is 0 Å². The molecule has 3 heteroatoms. The van der Waals surface area contributed by atoms with E-state index in [9.17, 15) is 0 Å². The van der Waals surface area contributed by atoms with Gasteiger partial charge in [0.05, 0.1) is 9.79 Å². The Hall–Kier alpha value is -2.75. The number of rotatable bonds is 3. The van der Waals surface area contributed by atoms with Gasteiger partial charge in [-0.2, -0.15) is 0 Å². The molecule has 5 rings (SSSR count). The Morgan fingerprint density at radius 3 is 1.46 bits per heavy atom. The third-order valence-corrected chi connectivity index (χ3v) is 7.93. The van der Waals surface area contributed by atoms with Crippen LogP contribution in [-0.2, 0) is 11.1 Å². The van der Waals surface area contributed by atoms with Crippen LogP contribution in [0.25, 0.3) is 0 Å². The van der Waals surface area contributed by atoms with Crippen LogP contribution in [0.1, 0.15) is 11.1 Å². The molecule has 0 aromatic heterocycles. The molecule has 0 bridgehead atoms. The fraction of sp³-hybridized carbons (Fsp3) is 0. The lowest BCUT2D eigenvalue weighted by Gasteiger charge is -2.16. The van der Waals surface area contributed by atoms with Crippen molar-refractivity contribution in [3.05, 3.63) is 120 Å². The molecule has 4 aromatic carbocycles. The van der Waals surface area contributed by atoms with E-state index in [2.05, 4.69) is 109 Å². The van der Waals surface area contributed by atoms with Gasteiger partial charge in [0.15, 0.2) is 0 Å². The highest BCUT2D eigenvalue weighted by Gasteiger charge is 2.37. The number of benzene rings is 4. The fourth-order valence-corrected chi connectivity index (χ4v) is 6.63. The molecule has 28 heavy (non-hydrogen) atoms. The van der Waals surface area contributed by atoms with Crippen molar-refractivity contribution in [3.8, 4) is 0 Å². The van der Waals surface area contributed by atoms with Gasteiger partial charge in [-0.1, -0.05) is 96.7 Å². The van der Waals surface area contributed by atoms with Gasteiger partial charge in [0.25, 0.3) is 0 Å². The lowest BCUT2D eigenvalue weighted by Crippen LogP contribution is -2.12. The van der Waals surface area contributed by atoms with E-state index in [0.717, 1.165) is 16.8 Å². The predicted molar refractivity (Wildman–Crippen MR) is 119 cm³/mol. The van der Waals surface area contributed by atoms with Crippen LogP contribution in [0.2, 0.25) is 0 Å². The molecular formula is C25H18NS2+. The molecule has 4 aromatic rings. The summed E-state index contributed by atoms with van der Waals surface area (Å²) in [4.78, 5) is 5.20. The molecule has 1 aliphatic heterocycles. The summed E-state index contributed by atoms with van der Waals surface area (Å²) in [5.74, 6) is 0. The number of hydrogen-bond acceptors (Lipinski definition) is 2. The van der Waals surface area contributed by atoms with E-state index >= 15 is 0 Å². The summed E-state index contributed by atoms with van der Waals surface area (Å²) in [5, 5.41) is 0. The van der Waals surface area contributed by atoms with Crippen molar-refractivity contribution in [1.82, 2.24) is 0 Å². The molecule has 1 heterocycles. The van der Waals surface area contributed by atoms with Gasteiger partial charge in [-0.3, -0.25) is 0 Å². The highest BCUT2D eigenvalue weighted by atomic mass is 32.2. The monoisotopic (exact) mass is 396 g/mol. The Labute approximate surface area is 172 Å². The van der Waals surface area contributed by atoms with Crippen molar-refractivity contribution >= 4 is 28.6 Å². The van der Waals surface area contributed by atoms with Crippen LogP contribution in [0, 0.1) is 0 Å². The summed E-state index contributed by atoms with van der Waals surface area (Å²) in [5.41, 5.74) is 3.34. The zero-order valence-electron chi connectivity index (χ0n) is 15.2. The maximum Gasteiger partial charge on any atom is 0.206 e. The van der Waals surface area contributed by atoms with Crippen molar-refractivity contribution in [3.63, 3.8) is 0 Å². The topological polar surface area (TPSA) is 12.4 Å². The largest absolute Gasteiger partial charge is 0.206 e. The van der Waals surface area contributed by atoms with Crippen LogP contribution < -0.4 is 0 Å². The molecule has 0 amide bonds.